The summed E-state index contributed by atoms with van der Waals surface area (Å²) in [5.74, 6) is -1.03. The third kappa shape index (κ3) is 4.89. The Kier molecular flexibility index (Phi) is 6.27. The molecule has 0 aliphatic heterocycles. The number of nitrogens with one attached hydrogen (secondary N) is 1. The fourth-order valence-electron chi connectivity index (χ4n) is 2.91. The van der Waals surface area contributed by atoms with Crippen molar-refractivity contribution >= 4 is 34.3 Å². The molecule has 0 saturated carbocycles. The molecule has 1 heterocycles. The third-order valence-corrected chi connectivity index (χ3v) is 4.93. The van der Waals surface area contributed by atoms with Gasteiger partial charge in [0.05, 0.1) is 5.69 Å². The lowest BCUT2D eigenvalue weighted by Gasteiger charge is -2.18. The normalized spacial score (nSPS) is 12.3. The van der Waals surface area contributed by atoms with Gasteiger partial charge >= 0.3 is 0 Å². The van der Waals surface area contributed by atoms with Crippen molar-refractivity contribution in [2.45, 2.75) is 26.2 Å². The van der Waals surface area contributed by atoms with E-state index in [-0.39, 0.29) is 27.5 Å². The van der Waals surface area contributed by atoms with E-state index in [4.69, 9.17) is 12.2 Å². The second kappa shape index (κ2) is 8.71. The molecule has 3 aromatic rings. The van der Waals surface area contributed by atoms with E-state index in [0.29, 0.717) is 5.56 Å². The number of halogens is 2. The minimum absolute atomic E-state index is 0.0477. The van der Waals surface area contributed by atoms with Crippen LogP contribution in [0.1, 0.15) is 31.9 Å². The minimum Gasteiger partial charge on any atom is -0.502 e. The summed E-state index contributed by atoms with van der Waals surface area (Å²) in [7, 11) is 0. The maximum atomic E-state index is 14.1. The predicted octanol–water partition coefficient (Wildman–Crippen LogP) is 5.87. The molecule has 0 atom stereocenters. The highest BCUT2D eigenvalue weighted by molar-refractivity contribution is 7.81. The van der Waals surface area contributed by atoms with Gasteiger partial charge in [-0.15, -0.1) is 0 Å². The van der Waals surface area contributed by atoms with Crippen LogP contribution in [0.3, 0.4) is 0 Å². The lowest BCUT2D eigenvalue weighted by Crippen LogP contribution is -2.39. The van der Waals surface area contributed by atoms with Crippen LogP contribution in [0, 0.1) is 11.6 Å². The Morgan fingerprint density at radius 1 is 0.933 bits per heavy atom. The molecule has 0 unspecified atom stereocenters. The number of aliphatic hydroxyl groups excluding tert-OH is 1. The summed E-state index contributed by atoms with van der Waals surface area (Å²) in [5.41, 5.74) is 1.89. The van der Waals surface area contributed by atoms with Crippen molar-refractivity contribution in [3.8, 4) is 0 Å². The summed E-state index contributed by atoms with van der Waals surface area (Å²) in [5, 5.41) is 13.8. The first-order chi connectivity index (χ1) is 14.2. The second-order valence-electron chi connectivity index (χ2n) is 7.88. The van der Waals surface area contributed by atoms with Gasteiger partial charge in [0.15, 0.2) is 23.1 Å². The van der Waals surface area contributed by atoms with Crippen LogP contribution in [-0.4, -0.2) is 10.1 Å². The highest BCUT2D eigenvalue weighted by atomic mass is 32.1. The fraction of sp³-hybridized carbons (Fsp3) is 0.167. The van der Waals surface area contributed by atoms with Gasteiger partial charge in [-0.05, 0) is 47.4 Å². The molecular weight excluding hydrogens is 402 g/mol. The lowest BCUT2D eigenvalue weighted by atomic mass is 9.88. The molecule has 3 rings (SSSR count). The van der Waals surface area contributed by atoms with E-state index in [0.717, 1.165) is 5.56 Å². The van der Waals surface area contributed by atoms with Gasteiger partial charge in [-0.3, -0.25) is 0 Å². The summed E-state index contributed by atoms with van der Waals surface area (Å²) in [6.07, 6.45) is 3.57. The van der Waals surface area contributed by atoms with Crippen molar-refractivity contribution in [1.82, 2.24) is 0 Å². The monoisotopic (exact) mass is 425 g/mol. The molecule has 0 fully saturated rings. The number of aliphatic hydroxyl groups is 1. The number of benzene rings is 2. The van der Waals surface area contributed by atoms with Gasteiger partial charge < -0.3 is 10.4 Å². The lowest BCUT2D eigenvalue weighted by molar-refractivity contribution is -0.575. The first-order valence-electron chi connectivity index (χ1n) is 9.44. The molecule has 2 aromatic carbocycles. The molecule has 6 heteroatoms. The molecule has 30 heavy (non-hydrogen) atoms. The first-order valence-corrected chi connectivity index (χ1v) is 9.85. The van der Waals surface area contributed by atoms with Gasteiger partial charge in [-0.25, -0.2) is 8.78 Å². The van der Waals surface area contributed by atoms with Crippen LogP contribution in [0.4, 0.5) is 14.5 Å². The largest absolute Gasteiger partial charge is 0.502 e. The van der Waals surface area contributed by atoms with E-state index in [9.17, 15) is 13.9 Å². The van der Waals surface area contributed by atoms with Crippen LogP contribution in [-0.2, 0) is 5.41 Å². The van der Waals surface area contributed by atoms with Crippen molar-refractivity contribution in [2.75, 3.05) is 5.32 Å². The smallest absolute Gasteiger partial charge is 0.288 e. The maximum Gasteiger partial charge on any atom is 0.288 e. The van der Waals surface area contributed by atoms with Gasteiger partial charge in [-0.2, -0.15) is 4.57 Å². The minimum atomic E-state index is -0.464. The maximum absolute atomic E-state index is 14.1. The van der Waals surface area contributed by atoms with Gasteiger partial charge in [0.25, 0.3) is 5.70 Å². The van der Waals surface area contributed by atoms with Crippen LogP contribution in [0.25, 0.3) is 11.5 Å². The Morgan fingerprint density at radius 3 is 2.10 bits per heavy atom. The van der Waals surface area contributed by atoms with Crippen LogP contribution >= 0.6 is 12.2 Å². The van der Waals surface area contributed by atoms with E-state index in [1.165, 1.54) is 30.3 Å². The van der Waals surface area contributed by atoms with Crippen molar-refractivity contribution in [3.05, 3.63) is 95.8 Å². The Morgan fingerprint density at radius 2 is 1.53 bits per heavy atom. The van der Waals surface area contributed by atoms with Crippen molar-refractivity contribution in [1.29, 1.82) is 0 Å². The summed E-state index contributed by atoms with van der Waals surface area (Å²) in [6.45, 7) is 6.30. The zero-order chi connectivity index (χ0) is 21.9. The van der Waals surface area contributed by atoms with E-state index in [1.807, 2.05) is 12.1 Å². The molecule has 0 amide bonds. The SMILES string of the molecule is CC(C)(C)c1cc[n+](/C(C(=S)Nc2ccccc2F)=C(\O)c2ccc(F)cc2)cc1. The molecule has 0 bridgehead atoms. The number of hydrogen-bond donors (Lipinski definition) is 2. The molecule has 0 radical (unpaired) electrons. The predicted molar refractivity (Wildman–Crippen MR) is 120 cm³/mol. The molecule has 3 nitrogen and oxygen atoms in total. The number of anilines is 1. The number of aromatic nitrogens is 1. The first kappa shape index (κ1) is 21.6. The van der Waals surface area contributed by atoms with Gasteiger partial charge in [0.1, 0.15) is 11.6 Å². The molecule has 2 N–H and O–H groups in total. The van der Waals surface area contributed by atoms with E-state index < -0.39 is 11.6 Å². The number of hydrogen-bond acceptors (Lipinski definition) is 2. The van der Waals surface area contributed by atoms with Crippen LogP contribution in [0.5, 0.6) is 0 Å². The summed E-state index contributed by atoms with van der Waals surface area (Å²) < 4.78 is 29.1. The standard InChI is InChI=1S/C24H22F2N2OS/c1-24(2,3)17-12-14-28(15-13-17)21(22(29)16-8-10-18(25)11-9-16)23(30)27-20-7-5-4-6-19(20)26/h4-15H,1-3H3,(H-,27,29,30)/p+1. The summed E-state index contributed by atoms with van der Waals surface area (Å²) in [4.78, 5) is 0.121. The molecule has 1 aromatic heterocycles. The number of nitrogens with zero attached hydrogens (tertiary/aromatic N) is 1. The van der Waals surface area contributed by atoms with E-state index in [2.05, 4.69) is 26.1 Å². The molecule has 0 saturated heterocycles. The molecule has 0 aliphatic carbocycles. The highest BCUT2D eigenvalue weighted by Crippen LogP contribution is 2.23. The zero-order valence-corrected chi connectivity index (χ0v) is 17.8. The highest BCUT2D eigenvalue weighted by Gasteiger charge is 2.25. The van der Waals surface area contributed by atoms with Gasteiger partial charge in [-0.1, -0.05) is 45.1 Å². The quantitative estimate of drug-likeness (QED) is 0.237. The topological polar surface area (TPSA) is 36.1 Å². The molecule has 0 spiro atoms. The van der Waals surface area contributed by atoms with Crippen LogP contribution in [0.2, 0.25) is 0 Å². The number of thiocarbonyl (C=S) groups is 1. The van der Waals surface area contributed by atoms with Crippen LogP contribution in [0.15, 0.2) is 73.1 Å². The second-order valence-corrected chi connectivity index (χ2v) is 8.29. The number of rotatable bonds is 4. The average Bonchev–Trinajstić information content (AvgIpc) is 2.70. The average molecular weight is 426 g/mol. The molecule has 154 valence electrons. The molecule has 0 aliphatic rings. The summed E-state index contributed by atoms with van der Waals surface area (Å²) in [6, 6.07) is 15.4. The van der Waals surface area contributed by atoms with Crippen molar-refractivity contribution in [3.63, 3.8) is 0 Å². The van der Waals surface area contributed by atoms with Crippen LogP contribution < -0.4 is 9.88 Å². The van der Waals surface area contributed by atoms with Gasteiger partial charge in [0, 0.05) is 17.7 Å². The molecular formula is C24H23F2N2OS+. The van der Waals surface area contributed by atoms with Crippen molar-refractivity contribution < 1.29 is 18.5 Å². The Hall–Kier alpha value is -3.12. The Labute approximate surface area is 180 Å². The zero-order valence-electron chi connectivity index (χ0n) is 17.0. The summed E-state index contributed by atoms with van der Waals surface area (Å²) >= 11 is 5.52. The Bertz CT molecular complexity index is 1090. The number of para-hydroxylation sites is 1. The Balaban J connectivity index is 2.09. The fourth-order valence-corrected chi connectivity index (χ4v) is 3.22. The van der Waals surface area contributed by atoms with E-state index in [1.54, 1.807) is 35.2 Å². The van der Waals surface area contributed by atoms with Gasteiger partial charge in [0.2, 0.25) is 0 Å². The van der Waals surface area contributed by atoms with Crippen molar-refractivity contribution in [2.24, 2.45) is 0 Å². The van der Waals surface area contributed by atoms with E-state index >= 15 is 0 Å². The number of pyridine rings is 1. The third-order valence-electron chi connectivity index (χ3n) is 4.63.